The van der Waals surface area contributed by atoms with Crippen molar-refractivity contribution in [1.29, 1.82) is 0 Å². The van der Waals surface area contributed by atoms with E-state index in [-0.39, 0.29) is 18.6 Å². The molecule has 1 aliphatic heterocycles. The molecule has 1 saturated heterocycles. The van der Waals surface area contributed by atoms with Crippen molar-refractivity contribution in [3.63, 3.8) is 0 Å². The molecule has 1 unspecified atom stereocenters. The lowest BCUT2D eigenvalue weighted by atomic mass is 9.99. The van der Waals surface area contributed by atoms with Crippen LogP contribution >= 0.6 is 0 Å². The van der Waals surface area contributed by atoms with Crippen molar-refractivity contribution in [2.75, 3.05) is 39.9 Å². The summed E-state index contributed by atoms with van der Waals surface area (Å²) < 4.78 is 4.92. The normalized spacial score (nSPS) is 19.8. The predicted octanol–water partition coefficient (Wildman–Crippen LogP) is 0.543. The zero-order chi connectivity index (χ0) is 17.5. The van der Waals surface area contributed by atoms with Gasteiger partial charge in [-0.25, -0.2) is 0 Å². The number of amides is 1. The van der Waals surface area contributed by atoms with E-state index in [1.54, 1.807) is 11.8 Å². The van der Waals surface area contributed by atoms with Gasteiger partial charge in [-0.3, -0.25) is 9.59 Å². The van der Waals surface area contributed by atoms with Crippen molar-refractivity contribution >= 4 is 11.9 Å². The molecule has 0 saturated carbocycles. The van der Waals surface area contributed by atoms with Gasteiger partial charge in [0.2, 0.25) is 5.91 Å². The van der Waals surface area contributed by atoms with Gasteiger partial charge in [0.25, 0.3) is 0 Å². The number of esters is 1. The SMILES string of the molecule is CCOC(=O)[C@@H](CO)C(=O)N1CCN(C)CC1Cc1ccccc1. The van der Waals surface area contributed by atoms with Gasteiger partial charge in [0.05, 0.1) is 13.2 Å². The summed E-state index contributed by atoms with van der Waals surface area (Å²) in [5, 5.41) is 9.49. The van der Waals surface area contributed by atoms with Crippen LogP contribution in [-0.2, 0) is 20.7 Å². The van der Waals surface area contributed by atoms with Crippen LogP contribution in [-0.4, -0.2) is 72.7 Å². The van der Waals surface area contributed by atoms with Crippen LogP contribution in [0.2, 0.25) is 0 Å². The first kappa shape index (κ1) is 18.4. The van der Waals surface area contributed by atoms with Gasteiger partial charge in [0.1, 0.15) is 0 Å². The minimum absolute atomic E-state index is 0.0258. The minimum atomic E-state index is -1.13. The summed E-state index contributed by atoms with van der Waals surface area (Å²) in [7, 11) is 2.02. The summed E-state index contributed by atoms with van der Waals surface area (Å²) in [6.45, 7) is 3.38. The summed E-state index contributed by atoms with van der Waals surface area (Å²) in [5.41, 5.74) is 1.15. The van der Waals surface area contributed by atoms with Crippen LogP contribution in [0.4, 0.5) is 0 Å². The van der Waals surface area contributed by atoms with Gasteiger partial charge >= 0.3 is 5.97 Å². The average molecular weight is 334 g/mol. The predicted molar refractivity (Wildman–Crippen MR) is 90.4 cm³/mol. The third kappa shape index (κ3) is 4.55. The van der Waals surface area contributed by atoms with Crippen LogP contribution in [0.15, 0.2) is 30.3 Å². The number of rotatable bonds is 6. The van der Waals surface area contributed by atoms with Crippen molar-refractivity contribution in [3.8, 4) is 0 Å². The van der Waals surface area contributed by atoms with E-state index in [1.165, 1.54) is 0 Å². The highest BCUT2D eigenvalue weighted by molar-refractivity contribution is 5.98. The minimum Gasteiger partial charge on any atom is -0.465 e. The highest BCUT2D eigenvalue weighted by Gasteiger charge is 2.36. The number of piperazine rings is 1. The third-order valence-corrected chi connectivity index (χ3v) is 4.33. The molecule has 0 radical (unpaired) electrons. The second kappa shape index (κ2) is 8.80. The number of carbonyl (C=O) groups excluding carboxylic acids is 2. The molecule has 24 heavy (non-hydrogen) atoms. The van der Waals surface area contributed by atoms with Gasteiger partial charge in [-0.2, -0.15) is 0 Å². The lowest BCUT2D eigenvalue weighted by Crippen LogP contribution is -2.57. The Labute approximate surface area is 143 Å². The largest absolute Gasteiger partial charge is 0.465 e. The Kier molecular flexibility index (Phi) is 6.75. The van der Waals surface area contributed by atoms with Crippen LogP contribution in [0, 0.1) is 5.92 Å². The van der Waals surface area contributed by atoms with E-state index >= 15 is 0 Å². The van der Waals surface area contributed by atoms with E-state index in [1.807, 2.05) is 37.4 Å². The topological polar surface area (TPSA) is 70.1 Å². The number of ether oxygens (including phenoxy) is 1. The molecular weight excluding hydrogens is 308 g/mol. The van der Waals surface area contributed by atoms with Gasteiger partial charge in [0, 0.05) is 25.7 Å². The third-order valence-electron chi connectivity index (χ3n) is 4.33. The Morgan fingerprint density at radius 3 is 2.62 bits per heavy atom. The molecule has 0 bridgehead atoms. The number of aliphatic hydroxyl groups excluding tert-OH is 1. The molecule has 2 rings (SSSR count). The lowest BCUT2D eigenvalue weighted by Gasteiger charge is -2.41. The summed E-state index contributed by atoms with van der Waals surface area (Å²) in [5.74, 6) is -2.13. The molecule has 0 spiro atoms. The van der Waals surface area contributed by atoms with Crippen LogP contribution in [0.3, 0.4) is 0 Å². The maximum Gasteiger partial charge on any atom is 0.320 e. The molecule has 0 aromatic heterocycles. The van der Waals surface area contributed by atoms with E-state index in [0.717, 1.165) is 25.1 Å². The fourth-order valence-corrected chi connectivity index (χ4v) is 3.06. The van der Waals surface area contributed by atoms with Crippen molar-refractivity contribution in [3.05, 3.63) is 35.9 Å². The number of hydrogen-bond donors (Lipinski definition) is 1. The molecule has 2 atom stereocenters. The monoisotopic (exact) mass is 334 g/mol. The number of benzene rings is 1. The molecule has 6 heteroatoms. The lowest BCUT2D eigenvalue weighted by molar-refractivity contribution is -0.159. The van der Waals surface area contributed by atoms with Crippen LogP contribution < -0.4 is 0 Å². The Morgan fingerprint density at radius 2 is 2.00 bits per heavy atom. The van der Waals surface area contributed by atoms with Crippen LogP contribution in [0.25, 0.3) is 0 Å². The van der Waals surface area contributed by atoms with Crippen molar-refractivity contribution < 1.29 is 19.4 Å². The molecule has 1 heterocycles. The van der Waals surface area contributed by atoms with E-state index in [4.69, 9.17) is 4.74 Å². The van der Waals surface area contributed by atoms with E-state index in [9.17, 15) is 14.7 Å². The first-order chi connectivity index (χ1) is 11.6. The quantitative estimate of drug-likeness (QED) is 0.607. The standard InChI is InChI=1S/C18H26N2O4/c1-3-24-18(23)16(13-21)17(22)20-10-9-19(2)12-15(20)11-14-7-5-4-6-8-14/h4-8,15-16,21H,3,9-13H2,1-2H3/t15?,16-/m0/s1. The Bertz CT molecular complexity index is 549. The summed E-state index contributed by atoms with van der Waals surface area (Å²) >= 11 is 0. The Hall–Kier alpha value is -1.92. The second-order valence-corrected chi connectivity index (χ2v) is 6.12. The number of hydrogen-bond acceptors (Lipinski definition) is 5. The van der Waals surface area contributed by atoms with E-state index in [0.29, 0.717) is 6.54 Å². The summed E-state index contributed by atoms with van der Waals surface area (Å²) in [6.07, 6.45) is 0.720. The van der Waals surface area contributed by atoms with E-state index in [2.05, 4.69) is 4.90 Å². The average Bonchev–Trinajstić information content (AvgIpc) is 2.56. The van der Waals surface area contributed by atoms with Gasteiger partial charge in [-0.15, -0.1) is 0 Å². The molecule has 1 aromatic carbocycles. The van der Waals surface area contributed by atoms with Crippen molar-refractivity contribution in [2.45, 2.75) is 19.4 Å². The van der Waals surface area contributed by atoms with E-state index < -0.39 is 18.5 Å². The van der Waals surface area contributed by atoms with Crippen LogP contribution in [0.1, 0.15) is 12.5 Å². The molecular formula is C18H26N2O4. The smallest absolute Gasteiger partial charge is 0.320 e. The molecule has 1 aromatic rings. The molecule has 1 aliphatic rings. The molecule has 132 valence electrons. The zero-order valence-corrected chi connectivity index (χ0v) is 14.4. The molecule has 1 N–H and O–H groups in total. The van der Waals surface area contributed by atoms with Gasteiger partial charge in [-0.1, -0.05) is 30.3 Å². The van der Waals surface area contributed by atoms with Gasteiger partial charge in [-0.05, 0) is 26.0 Å². The molecule has 1 fully saturated rings. The first-order valence-electron chi connectivity index (χ1n) is 8.37. The molecule has 6 nitrogen and oxygen atoms in total. The fourth-order valence-electron chi connectivity index (χ4n) is 3.06. The number of likely N-dealkylation sites (N-methyl/N-ethyl adjacent to an activating group) is 1. The van der Waals surface area contributed by atoms with Gasteiger partial charge in [0.15, 0.2) is 5.92 Å². The zero-order valence-electron chi connectivity index (χ0n) is 14.4. The summed E-state index contributed by atoms with van der Waals surface area (Å²) in [6, 6.07) is 9.95. The Balaban J connectivity index is 2.14. The number of carbonyl (C=O) groups is 2. The second-order valence-electron chi connectivity index (χ2n) is 6.12. The maximum absolute atomic E-state index is 12.8. The van der Waals surface area contributed by atoms with Crippen LogP contribution in [0.5, 0.6) is 0 Å². The maximum atomic E-state index is 12.8. The fraction of sp³-hybridized carbons (Fsp3) is 0.556. The number of nitrogens with zero attached hydrogens (tertiary/aromatic N) is 2. The summed E-state index contributed by atoms with van der Waals surface area (Å²) in [4.78, 5) is 28.7. The van der Waals surface area contributed by atoms with Gasteiger partial charge < -0.3 is 19.6 Å². The molecule has 0 aliphatic carbocycles. The van der Waals surface area contributed by atoms with Crippen molar-refractivity contribution in [2.24, 2.45) is 5.92 Å². The first-order valence-corrected chi connectivity index (χ1v) is 8.37. The number of aliphatic hydroxyl groups is 1. The highest BCUT2D eigenvalue weighted by atomic mass is 16.5. The Morgan fingerprint density at radius 1 is 1.29 bits per heavy atom. The highest BCUT2D eigenvalue weighted by Crippen LogP contribution is 2.18. The van der Waals surface area contributed by atoms with Crippen molar-refractivity contribution in [1.82, 2.24) is 9.80 Å². The molecule has 1 amide bonds.